The minimum atomic E-state index is -0.351. The molecule has 1 saturated heterocycles. The lowest BCUT2D eigenvalue weighted by Crippen LogP contribution is -2.43. The minimum Gasteiger partial charge on any atom is -0.315 e. The first-order valence-electron chi connectivity index (χ1n) is 5.49. The first-order valence-corrected chi connectivity index (χ1v) is 5.87. The van der Waals surface area contributed by atoms with Gasteiger partial charge in [0.25, 0.3) is 0 Å². The highest BCUT2D eigenvalue weighted by Crippen LogP contribution is 2.21. The fourth-order valence-electron chi connectivity index (χ4n) is 1.96. The summed E-state index contributed by atoms with van der Waals surface area (Å²) in [7, 11) is 0. The van der Waals surface area contributed by atoms with Gasteiger partial charge in [-0.2, -0.15) is 0 Å². The average Bonchev–Trinajstić information content (AvgIpc) is 2.68. The number of hydrogen-bond acceptors (Lipinski definition) is 2. The lowest BCUT2D eigenvalue weighted by molar-refractivity contribution is 0.385. The second-order valence-corrected chi connectivity index (χ2v) is 4.93. The lowest BCUT2D eigenvalue weighted by Gasteiger charge is -2.24. The van der Waals surface area contributed by atoms with E-state index in [2.05, 4.69) is 17.6 Å². The molecule has 1 aromatic carbocycles. The van der Waals surface area contributed by atoms with Gasteiger partial charge >= 0.3 is 0 Å². The fourth-order valence-corrected chi connectivity index (χ4v) is 2.15. The van der Waals surface area contributed by atoms with Gasteiger partial charge in [0, 0.05) is 18.6 Å². The van der Waals surface area contributed by atoms with E-state index in [1.807, 2.05) is 6.07 Å². The van der Waals surface area contributed by atoms with E-state index < -0.39 is 0 Å². The van der Waals surface area contributed by atoms with Gasteiger partial charge in [0.2, 0.25) is 0 Å². The molecule has 1 aliphatic rings. The molecule has 1 aliphatic heterocycles. The lowest BCUT2D eigenvalue weighted by atomic mass is 10.0. The van der Waals surface area contributed by atoms with Crippen LogP contribution < -0.4 is 10.6 Å². The van der Waals surface area contributed by atoms with Gasteiger partial charge < -0.3 is 10.6 Å². The van der Waals surface area contributed by atoms with Crippen LogP contribution in [0.1, 0.15) is 18.9 Å². The van der Waals surface area contributed by atoms with Crippen molar-refractivity contribution in [3.63, 3.8) is 0 Å². The van der Waals surface area contributed by atoms with Crippen molar-refractivity contribution in [1.82, 2.24) is 10.6 Å². The van der Waals surface area contributed by atoms with Crippen LogP contribution in [0.2, 0.25) is 5.02 Å². The Bertz CT molecular complexity index is 375. The maximum absolute atomic E-state index is 13.2. The van der Waals surface area contributed by atoms with Crippen molar-refractivity contribution in [3.05, 3.63) is 34.6 Å². The molecule has 2 rings (SSSR count). The predicted molar refractivity (Wildman–Crippen MR) is 64.1 cm³/mol. The van der Waals surface area contributed by atoms with Crippen LogP contribution in [-0.2, 0) is 6.54 Å². The maximum Gasteiger partial charge on any atom is 0.142 e. The standard InChI is InChI=1S/C12H16ClFN2/c1-12(5-6-15-8-12)16-7-9-3-2-4-10(14)11(9)13/h2-4,15-16H,5-8H2,1H3. The van der Waals surface area contributed by atoms with E-state index in [0.29, 0.717) is 6.54 Å². The van der Waals surface area contributed by atoms with Crippen molar-refractivity contribution < 1.29 is 4.39 Å². The van der Waals surface area contributed by atoms with Crippen molar-refractivity contribution in [2.75, 3.05) is 13.1 Å². The molecule has 0 bridgehead atoms. The molecule has 2 N–H and O–H groups in total. The summed E-state index contributed by atoms with van der Waals surface area (Å²) in [4.78, 5) is 0. The van der Waals surface area contributed by atoms with E-state index in [1.165, 1.54) is 6.07 Å². The van der Waals surface area contributed by atoms with E-state index >= 15 is 0 Å². The van der Waals surface area contributed by atoms with Gasteiger partial charge in [-0.3, -0.25) is 0 Å². The molecule has 0 aromatic heterocycles. The molecule has 0 radical (unpaired) electrons. The zero-order chi connectivity index (χ0) is 11.6. The zero-order valence-corrected chi connectivity index (χ0v) is 10.1. The Morgan fingerprint density at radius 1 is 1.56 bits per heavy atom. The van der Waals surface area contributed by atoms with E-state index in [-0.39, 0.29) is 16.4 Å². The van der Waals surface area contributed by atoms with Crippen LogP contribution in [0.5, 0.6) is 0 Å². The molecule has 0 amide bonds. The second kappa shape index (κ2) is 4.70. The van der Waals surface area contributed by atoms with Crippen molar-refractivity contribution in [3.8, 4) is 0 Å². The highest BCUT2D eigenvalue weighted by Gasteiger charge is 2.27. The van der Waals surface area contributed by atoms with Crippen LogP contribution in [0.15, 0.2) is 18.2 Å². The van der Waals surface area contributed by atoms with Crippen LogP contribution in [0, 0.1) is 5.82 Å². The van der Waals surface area contributed by atoms with Gasteiger partial charge in [0.1, 0.15) is 5.82 Å². The topological polar surface area (TPSA) is 24.1 Å². The highest BCUT2D eigenvalue weighted by atomic mass is 35.5. The summed E-state index contributed by atoms with van der Waals surface area (Å²) in [6.45, 7) is 4.75. The van der Waals surface area contributed by atoms with Crippen LogP contribution in [0.3, 0.4) is 0 Å². The first kappa shape index (κ1) is 11.8. The molecule has 1 heterocycles. The van der Waals surface area contributed by atoms with Crippen molar-refractivity contribution in [1.29, 1.82) is 0 Å². The maximum atomic E-state index is 13.2. The second-order valence-electron chi connectivity index (χ2n) is 4.55. The van der Waals surface area contributed by atoms with Gasteiger partial charge in [-0.1, -0.05) is 23.7 Å². The minimum absolute atomic E-state index is 0.0929. The Labute approximate surface area is 100 Å². The Morgan fingerprint density at radius 2 is 2.38 bits per heavy atom. The summed E-state index contributed by atoms with van der Waals surface area (Å²) in [5, 5.41) is 6.96. The molecular weight excluding hydrogens is 227 g/mol. The SMILES string of the molecule is CC1(NCc2cccc(F)c2Cl)CCNC1. The molecule has 0 saturated carbocycles. The third kappa shape index (κ3) is 2.54. The molecule has 1 unspecified atom stereocenters. The molecule has 0 aliphatic carbocycles. The Morgan fingerprint density at radius 3 is 3.06 bits per heavy atom. The molecule has 1 aromatic rings. The molecular formula is C12H16ClFN2. The number of hydrogen-bond donors (Lipinski definition) is 2. The van der Waals surface area contributed by atoms with Crippen LogP contribution in [-0.4, -0.2) is 18.6 Å². The van der Waals surface area contributed by atoms with E-state index in [1.54, 1.807) is 6.07 Å². The van der Waals surface area contributed by atoms with Gasteiger partial charge in [0.15, 0.2) is 0 Å². The van der Waals surface area contributed by atoms with Gasteiger partial charge in [0.05, 0.1) is 5.02 Å². The average molecular weight is 243 g/mol. The predicted octanol–water partition coefficient (Wildman–Crippen LogP) is 2.32. The molecule has 0 spiro atoms. The Balaban J connectivity index is 2.02. The number of rotatable bonds is 3. The number of benzene rings is 1. The van der Waals surface area contributed by atoms with E-state index in [9.17, 15) is 4.39 Å². The summed E-state index contributed by atoms with van der Waals surface area (Å²) in [6, 6.07) is 4.92. The van der Waals surface area contributed by atoms with Crippen molar-refractivity contribution in [2.45, 2.75) is 25.4 Å². The summed E-state index contributed by atoms with van der Waals surface area (Å²) >= 11 is 5.89. The normalized spacial score (nSPS) is 24.9. The largest absolute Gasteiger partial charge is 0.315 e. The molecule has 1 atom stereocenters. The molecule has 16 heavy (non-hydrogen) atoms. The smallest absolute Gasteiger partial charge is 0.142 e. The van der Waals surface area contributed by atoms with Gasteiger partial charge in [-0.15, -0.1) is 0 Å². The monoisotopic (exact) mass is 242 g/mol. The van der Waals surface area contributed by atoms with E-state index in [4.69, 9.17) is 11.6 Å². The van der Waals surface area contributed by atoms with Crippen molar-refractivity contribution in [2.24, 2.45) is 0 Å². The Kier molecular flexibility index (Phi) is 3.47. The summed E-state index contributed by atoms with van der Waals surface area (Å²) in [5.74, 6) is -0.351. The van der Waals surface area contributed by atoms with E-state index in [0.717, 1.165) is 25.1 Å². The molecule has 2 nitrogen and oxygen atoms in total. The zero-order valence-electron chi connectivity index (χ0n) is 9.32. The van der Waals surface area contributed by atoms with Crippen LogP contribution >= 0.6 is 11.6 Å². The molecule has 4 heteroatoms. The van der Waals surface area contributed by atoms with Crippen molar-refractivity contribution >= 4 is 11.6 Å². The first-order chi connectivity index (χ1) is 7.61. The molecule has 88 valence electrons. The Hall–Kier alpha value is -0.640. The van der Waals surface area contributed by atoms with Gasteiger partial charge in [-0.25, -0.2) is 4.39 Å². The molecule has 1 fully saturated rings. The van der Waals surface area contributed by atoms with Crippen LogP contribution in [0.4, 0.5) is 4.39 Å². The fraction of sp³-hybridized carbons (Fsp3) is 0.500. The number of halogens is 2. The quantitative estimate of drug-likeness (QED) is 0.850. The highest BCUT2D eigenvalue weighted by molar-refractivity contribution is 6.31. The number of nitrogens with one attached hydrogen (secondary N) is 2. The third-order valence-corrected chi connectivity index (χ3v) is 3.53. The summed E-state index contributed by atoms with van der Waals surface area (Å²) in [5.41, 5.74) is 0.908. The summed E-state index contributed by atoms with van der Waals surface area (Å²) in [6.07, 6.45) is 1.08. The van der Waals surface area contributed by atoms with Gasteiger partial charge in [-0.05, 0) is 31.5 Å². The third-order valence-electron chi connectivity index (χ3n) is 3.11. The summed E-state index contributed by atoms with van der Waals surface area (Å²) < 4.78 is 13.2. The van der Waals surface area contributed by atoms with Crippen LogP contribution in [0.25, 0.3) is 0 Å².